The van der Waals surface area contributed by atoms with E-state index in [0.717, 1.165) is 6.42 Å². The van der Waals surface area contributed by atoms with Crippen molar-refractivity contribution in [3.05, 3.63) is 23.3 Å². The lowest BCUT2D eigenvalue weighted by atomic mass is 9.92. The Bertz CT molecular complexity index is 427. The van der Waals surface area contributed by atoms with Crippen molar-refractivity contribution >= 4 is 17.6 Å². The molecule has 0 saturated heterocycles. The van der Waals surface area contributed by atoms with E-state index >= 15 is 0 Å². The zero-order valence-electron chi connectivity index (χ0n) is 11.3. The number of carbonyl (C=O) groups excluding carboxylic acids is 1. The van der Waals surface area contributed by atoms with Gasteiger partial charge in [0.15, 0.2) is 0 Å². The Labute approximate surface area is 113 Å². The SMILES string of the molecule is CCOC(=O)c1cnc(CC(C)(C)C)nc1CCl. The number of carbonyl (C=O) groups is 1. The van der Waals surface area contributed by atoms with E-state index in [4.69, 9.17) is 16.3 Å². The number of hydrogen-bond acceptors (Lipinski definition) is 4. The average molecular weight is 271 g/mol. The predicted octanol–water partition coefficient (Wildman–Crippen LogP) is 2.98. The van der Waals surface area contributed by atoms with Gasteiger partial charge in [-0.25, -0.2) is 14.8 Å². The molecule has 18 heavy (non-hydrogen) atoms. The van der Waals surface area contributed by atoms with Crippen LogP contribution in [0.15, 0.2) is 6.20 Å². The monoisotopic (exact) mass is 270 g/mol. The number of alkyl halides is 1. The average Bonchev–Trinajstić information content (AvgIpc) is 2.27. The first-order chi connectivity index (χ1) is 8.37. The van der Waals surface area contributed by atoms with Gasteiger partial charge in [-0.1, -0.05) is 20.8 Å². The van der Waals surface area contributed by atoms with Crippen LogP contribution >= 0.6 is 11.6 Å². The van der Waals surface area contributed by atoms with Crippen LogP contribution < -0.4 is 0 Å². The first-order valence-corrected chi connectivity index (χ1v) is 6.48. The number of esters is 1. The van der Waals surface area contributed by atoms with Gasteiger partial charge >= 0.3 is 5.97 Å². The molecule has 1 aromatic heterocycles. The van der Waals surface area contributed by atoms with Crippen LogP contribution in [-0.4, -0.2) is 22.5 Å². The fourth-order valence-corrected chi connectivity index (χ4v) is 1.70. The van der Waals surface area contributed by atoms with Crippen LogP contribution in [0.5, 0.6) is 0 Å². The molecule has 0 atom stereocenters. The molecule has 1 rings (SSSR count). The summed E-state index contributed by atoms with van der Waals surface area (Å²) in [6, 6.07) is 0. The number of rotatable bonds is 4. The highest BCUT2D eigenvalue weighted by Crippen LogP contribution is 2.19. The van der Waals surface area contributed by atoms with Gasteiger partial charge in [0.2, 0.25) is 0 Å². The molecule has 5 heteroatoms. The molecule has 0 radical (unpaired) electrons. The minimum absolute atomic E-state index is 0.0923. The lowest BCUT2D eigenvalue weighted by Gasteiger charge is -2.17. The summed E-state index contributed by atoms with van der Waals surface area (Å²) in [6.45, 7) is 8.40. The second kappa shape index (κ2) is 6.14. The van der Waals surface area contributed by atoms with E-state index < -0.39 is 5.97 Å². The van der Waals surface area contributed by atoms with Crippen molar-refractivity contribution < 1.29 is 9.53 Å². The Morgan fingerprint density at radius 1 is 1.44 bits per heavy atom. The van der Waals surface area contributed by atoms with E-state index in [-0.39, 0.29) is 11.3 Å². The Morgan fingerprint density at radius 3 is 2.61 bits per heavy atom. The summed E-state index contributed by atoms with van der Waals surface area (Å²) in [5.41, 5.74) is 0.976. The summed E-state index contributed by atoms with van der Waals surface area (Å²) >= 11 is 5.82. The van der Waals surface area contributed by atoms with Gasteiger partial charge in [0, 0.05) is 12.6 Å². The van der Waals surface area contributed by atoms with E-state index in [2.05, 4.69) is 30.7 Å². The molecule has 0 bridgehead atoms. The highest BCUT2D eigenvalue weighted by Gasteiger charge is 2.18. The molecular weight excluding hydrogens is 252 g/mol. The molecule has 0 fully saturated rings. The van der Waals surface area contributed by atoms with E-state index in [0.29, 0.717) is 23.7 Å². The maximum absolute atomic E-state index is 11.7. The fraction of sp³-hybridized carbons (Fsp3) is 0.615. The second-order valence-corrected chi connectivity index (χ2v) is 5.51. The Hall–Kier alpha value is -1.16. The van der Waals surface area contributed by atoms with Crippen molar-refractivity contribution in [1.82, 2.24) is 9.97 Å². The van der Waals surface area contributed by atoms with Gasteiger partial charge < -0.3 is 4.74 Å². The zero-order chi connectivity index (χ0) is 13.8. The van der Waals surface area contributed by atoms with Crippen LogP contribution in [0, 0.1) is 5.41 Å². The van der Waals surface area contributed by atoms with E-state index in [1.165, 1.54) is 6.20 Å². The summed E-state index contributed by atoms with van der Waals surface area (Å²) in [7, 11) is 0. The molecular formula is C13H19ClN2O2. The summed E-state index contributed by atoms with van der Waals surface area (Å²) in [6.07, 6.45) is 2.24. The molecule has 0 unspecified atom stereocenters. The largest absolute Gasteiger partial charge is 0.462 e. The highest BCUT2D eigenvalue weighted by atomic mass is 35.5. The number of aromatic nitrogens is 2. The minimum Gasteiger partial charge on any atom is -0.462 e. The Morgan fingerprint density at radius 2 is 2.11 bits per heavy atom. The van der Waals surface area contributed by atoms with E-state index in [1.54, 1.807) is 6.92 Å². The summed E-state index contributed by atoms with van der Waals surface area (Å²) in [4.78, 5) is 20.2. The van der Waals surface area contributed by atoms with Gasteiger partial charge in [-0.05, 0) is 12.3 Å². The van der Waals surface area contributed by atoms with Crippen LogP contribution in [0.2, 0.25) is 0 Å². The van der Waals surface area contributed by atoms with Crippen molar-refractivity contribution in [1.29, 1.82) is 0 Å². The lowest BCUT2D eigenvalue weighted by Crippen LogP contribution is -2.16. The van der Waals surface area contributed by atoms with Gasteiger partial charge in [-0.3, -0.25) is 0 Å². The fourth-order valence-electron chi connectivity index (χ4n) is 1.50. The lowest BCUT2D eigenvalue weighted by molar-refractivity contribution is 0.0524. The minimum atomic E-state index is -0.421. The second-order valence-electron chi connectivity index (χ2n) is 5.24. The van der Waals surface area contributed by atoms with Crippen molar-refractivity contribution in [3.63, 3.8) is 0 Å². The molecule has 0 amide bonds. The van der Waals surface area contributed by atoms with Crippen LogP contribution in [0.1, 0.15) is 49.6 Å². The van der Waals surface area contributed by atoms with Gasteiger partial charge in [0.25, 0.3) is 0 Å². The van der Waals surface area contributed by atoms with Crippen LogP contribution in [-0.2, 0) is 17.0 Å². The normalized spacial score (nSPS) is 11.4. The summed E-state index contributed by atoms with van der Waals surface area (Å²) < 4.78 is 4.93. The summed E-state index contributed by atoms with van der Waals surface area (Å²) in [5, 5.41) is 0. The standard InChI is InChI=1S/C13H19ClN2O2/c1-5-18-12(17)9-8-15-11(6-13(2,3)4)16-10(9)7-14/h8H,5-7H2,1-4H3. The molecule has 0 aliphatic heterocycles. The van der Waals surface area contributed by atoms with Crippen LogP contribution in [0.25, 0.3) is 0 Å². The third-order valence-electron chi connectivity index (χ3n) is 2.23. The van der Waals surface area contributed by atoms with E-state index in [9.17, 15) is 4.79 Å². The van der Waals surface area contributed by atoms with Crippen molar-refractivity contribution in [3.8, 4) is 0 Å². The van der Waals surface area contributed by atoms with Gasteiger partial charge in [-0.2, -0.15) is 0 Å². The zero-order valence-corrected chi connectivity index (χ0v) is 12.0. The first-order valence-electron chi connectivity index (χ1n) is 5.95. The maximum atomic E-state index is 11.7. The molecule has 1 aromatic rings. The molecule has 1 heterocycles. The van der Waals surface area contributed by atoms with Crippen molar-refractivity contribution in [2.75, 3.05) is 6.61 Å². The van der Waals surface area contributed by atoms with Crippen LogP contribution in [0.4, 0.5) is 0 Å². The van der Waals surface area contributed by atoms with Crippen molar-refractivity contribution in [2.24, 2.45) is 5.41 Å². The molecule has 0 spiro atoms. The molecule has 0 N–H and O–H groups in total. The van der Waals surface area contributed by atoms with E-state index in [1.807, 2.05) is 0 Å². The predicted molar refractivity (Wildman–Crippen MR) is 70.7 cm³/mol. The molecule has 0 aliphatic carbocycles. The maximum Gasteiger partial charge on any atom is 0.341 e. The van der Waals surface area contributed by atoms with Crippen molar-refractivity contribution in [2.45, 2.75) is 40.0 Å². The van der Waals surface area contributed by atoms with Gasteiger partial charge in [0.05, 0.1) is 18.2 Å². The van der Waals surface area contributed by atoms with Crippen LogP contribution in [0.3, 0.4) is 0 Å². The number of nitrogens with zero attached hydrogens (tertiary/aromatic N) is 2. The highest BCUT2D eigenvalue weighted by molar-refractivity contribution is 6.17. The molecule has 4 nitrogen and oxygen atoms in total. The van der Waals surface area contributed by atoms with Gasteiger partial charge in [-0.15, -0.1) is 11.6 Å². The quantitative estimate of drug-likeness (QED) is 0.623. The number of hydrogen-bond donors (Lipinski definition) is 0. The van der Waals surface area contributed by atoms with Gasteiger partial charge in [0.1, 0.15) is 11.4 Å². The molecule has 0 saturated carbocycles. The number of ether oxygens (including phenoxy) is 1. The molecule has 0 aliphatic rings. The summed E-state index contributed by atoms with van der Waals surface area (Å²) in [5.74, 6) is 0.454. The third-order valence-corrected chi connectivity index (χ3v) is 2.48. The molecule has 100 valence electrons. The molecule has 0 aromatic carbocycles. The Kier molecular flexibility index (Phi) is 5.08. The number of halogens is 1. The Balaban J connectivity index is 3.00. The smallest absolute Gasteiger partial charge is 0.341 e. The first kappa shape index (κ1) is 14.9. The topological polar surface area (TPSA) is 52.1 Å². The third kappa shape index (κ3) is 4.26.